The van der Waals surface area contributed by atoms with Crippen molar-refractivity contribution in [3.05, 3.63) is 46.9 Å². The Bertz CT molecular complexity index is 807. The highest BCUT2D eigenvalue weighted by Gasteiger charge is 2.30. The van der Waals surface area contributed by atoms with Crippen molar-refractivity contribution >= 4 is 28.5 Å². The van der Waals surface area contributed by atoms with Gasteiger partial charge in [0.15, 0.2) is 0 Å². The first-order chi connectivity index (χ1) is 12.5. The van der Waals surface area contributed by atoms with E-state index in [9.17, 15) is 14.0 Å². The number of urea groups is 1. The predicted octanol–water partition coefficient (Wildman–Crippen LogP) is 3.62. The third kappa shape index (κ3) is 3.85. The van der Waals surface area contributed by atoms with E-state index in [1.165, 1.54) is 19.2 Å². The number of halogens is 1. The Hall–Kier alpha value is -2.48. The summed E-state index contributed by atoms with van der Waals surface area (Å²) in [5, 5.41) is 3.19. The number of hydrogen-bond acceptors (Lipinski definition) is 5. The van der Waals surface area contributed by atoms with Gasteiger partial charge in [0.25, 0.3) is 0 Å². The van der Waals surface area contributed by atoms with Gasteiger partial charge in [-0.2, -0.15) is 4.37 Å². The van der Waals surface area contributed by atoms with Crippen LogP contribution in [0.3, 0.4) is 0 Å². The van der Waals surface area contributed by atoms with Crippen molar-refractivity contribution in [2.24, 2.45) is 0 Å². The van der Waals surface area contributed by atoms with Crippen LogP contribution in [0.1, 0.15) is 34.5 Å². The first-order valence-electron chi connectivity index (χ1n) is 8.36. The number of aryl methyl sites for hydroxylation is 1. The van der Waals surface area contributed by atoms with E-state index in [0.29, 0.717) is 29.2 Å². The fourth-order valence-electron chi connectivity index (χ4n) is 3.17. The van der Waals surface area contributed by atoms with E-state index in [1.54, 1.807) is 24.0 Å². The lowest BCUT2D eigenvalue weighted by atomic mass is 10.0. The predicted molar refractivity (Wildman–Crippen MR) is 97.0 cm³/mol. The number of rotatable bonds is 4. The molecule has 6 nitrogen and oxygen atoms in total. The minimum Gasteiger partial charge on any atom is -0.465 e. The van der Waals surface area contributed by atoms with Crippen molar-refractivity contribution in [2.45, 2.75) is 32.2 Å². The number of likely N-dealkylation sites (tertiary alicyclic amines) is 1. The van der Waals surface area contributed by atoms with E-state index in [0.717, 1.165) is 29.9 Å². The highest BCUT2D eigenvalue weighted by Crippen LogP contribution is 2.27. The van der Waals surface area contributed by atoms with Crippen LogP contribution in [0.15, 0.2) is 24.3 Å². The lowest BCUT2D eigenvalue weighted by Gasteiger charge is -2.25. The summed E-state index contributed by atoms with van der Waals surface area (Å²) in [6, 6.07) is 6.12. The van der Waals surface area contributed by atoms with Crippen LogP contribution >= 0.6 is 11.5 Å². The lowest BCUT2D eigenvalue weighted by Crippen LogP contribution is -2.39. The maximum absolute atomic E-state index is 13.1. The lowest BCUT2D eigenvalue weighted by molar-refractivity contribution is 0.0601. The van der Waals surface area contributed by atoms with Gasteiger partial charge in [-0.15, -0.1) is 0 Å². The summed E-state index contributed by atoms with van der Waals surface area (Å²) in [5.41, 5.74) is 1.81. The molecule has 1 aromatic heterocycles. The van der Waals surface area contributed by atoms with Crippen LogP contribution in [0.25, 0.3) is 0 Å². The Kier molecular flexibility index (Phi) is 5.51. The molecular formula is C18H20FN3O3S. The van der Waals surface area contributed by atoms with Crippen molar-refractivity contribution in [2.75, 3.05) is 19.0 Å². The summed E-state index contributed by atoms with van der Waals surface area (Å²) in [4.78, 5) is 26.4. The normalized spacial score (nSPS) is 16.6. The van der Waals surface area contributed by atoms with Gasteiger partial charge < -0.3 is 9.64 Å². The Morgan fingerprint density at radius 3 is 2.81 bits per heavy atom. The van der Waals surface area contributed by atoms with Crippen LogP contribution in [0.2, 0.25) is 0 Å². The molecule has 0 spiro atoms. The quantitative estimate of drug-likeness (QED) is 0.826. The van der Waals surface area contributed by atoms with E-state index in [4.69, 9.17) is 4.74 Å². The van der Waals surface area contributed by atoms with Crippen LogP contribution in [0, 0.1) is 12.7 Å². The summed E-state index contributed by atoms with van der Waals surface area (Å²) in [7, 11) is 1.30. The Morgan fingerprint density at radius 2 is 2.12 bits per heavy atom. The van der Waals surface area contributed by atoms with E-state index in [2.05, 4.69) is 9.69 Å². The number of aromatic nitrogens is 1. The fraction of sp³-hybridized carbons (Fsp3) is 0.389. The number of carbonyl (C=O) groups is 2. The Balaban J connectivity index is 1.71. The molecule has 1 saturated heterocycles. The zero-order chi connectivity index (χ0) is 18.7. The largest absolute Gasteiger partial charge is 0.465 e. The summed E-state index contributed by atoms with van der Waals surface area (Å²) >= 11 is 1.06. The topological polar surface area (TPSA) is 71.5 Å². The number of ether oxygens (including phenoxy) is 1. The average molecular weight is 377 g/mol. The zero-order valence-corrected chi connectivity index (χ0v) is 15.4. The number of hydrogen-bond donors (Lipinski definition) is 1. The summed E-state index contributed by atoms with van der Waals surface area (Å²) in [6.07, 6.45) is 2.46. The van der Waals surface area contributed by atoms with Gasteiger partial charge in [0, 0.05) is 12.6 Å². The van der Waals surface area contributed by atoms with Crippen molar-refractivity contribution in [1.29, 1.82) is 0 Å². The molecule has 3 rings (SSSR count). The molecule has 0 bridgehead atoms. The van der Waals surface area contributed by atoms with Crippen LogP contribution in [-0.2, 0) is 11.2 Å². The van der Waals surface area contributed by atoms with Gasteiger partial charge in [-0.3, -0.25) is 5.32 Å². The molecule has 1 atom stereocenters. The molecule has 0 aliphatic carbocycles. The second kappa shape index (κ2) is 7.82. The molecule has 1 N–H and O–H groups in total. The van der Waals surface area contributed by atoms with Crippen molar-refractivity contribution in [3.63, 3.8) is 0 Å². The first kappa shape index (κ1) is 18.3. The van der Waals surface area contributed by atoms with Crippen molar-refractivity contribution in [1.82, 2.24) is 9.27 Å². The van der Waals surface area contributed by atoms with E-state index >= 15 is 0 Å². The fourth-order valence-corrected chi connectivity index (χ4v) is 3.95. The monoisotopic (exact) mass is 377 g/mol. The maximum Gasteiger partial charge on any atom is 0.342 e. The van der Waals surface area contributed by atoms with Crippen LogP contribution < -0.4 is 5.32 Å². The van der Waals surface area contributed by atoms with E-state index in [-0.39, 0.29) is 17.9 Å². The number of anilines is 1. The molecule has 1 aliphatic rings. The second-order valence-electron chi connectivity index (χ2n) is 6.21. The van der Waals surface area contributed by atoms with Gasteiger partial charge in [0.2, 0.25) is 0 Å². The number of nitrogens with one attached hydrogen (secondary N) is 1. The van der Waals surface area contributed by atoms with Crippen molar-refractivity contribution in [3.8, 4) is 0 Å². The standard InChI is InChI=1S/C18H20FN3O3S/c1-11-15(17(23)25-2)16(26-21-11)20-18(24)22-9-3-4-14(22)10-12-5-7-13(19)8-6-12/h5-8,14H,3-4,9-10H2,1-2H3,(H,20,24)/t14-/m1/s1. The molecule has 138 valence electrons. The summed E-state index contributed by atoms with van der Waals surface area (Å²) in [6.45, 7) is 2.34. The van der Waals surface area contributed by atoms with Gasteiger partial charge in [-0.05, 0) is 55.4 Å². The number of nitrogens with zero attached hydrogens (tertiary/aromatic N) is 2. The minimum atomic E-state index is -0.518. The highest BCUT2D eigenvalue weighted by molar-refractivity contribution is 7.11. The molecule has 2 heterocycles. The minimum absolute atomic E-state index is 0.0380. The van der Waals surface area contributed by atoms with Gasteiger partial charge in [-0.25, -0.2) is 14.0 Å². The van der Waals surface area contributed by atoms with Crippen LogP contribution in [-0.4, -0.2) is 41.0 Å². The van der Waals surface area contributed by atoms with E-state index < -0.39 is 5.97 Å². The molecule has 26 heavy (non-hydrogen) atoms. The molecule has 0 saturated carbocycles. The summed E-state index contributed by atoms with van der Waals surface area (Å²) in [5.74, 6) is -0.790. The SMILES string of the molecule is COC(=O)c1c(C)nsc1NC(=O)N1CCC[C@@H]1Cc1ccc(F)cc1. The van der Waals surface area contributed by atoms with E-state index in [1.807, 2.05) is 0 Å². The van der Waals surface area contributed by atoms with Crippen LogP contribution in [0.5, 0.6) is 0 Å². The number of carbonyl (C=O) groups excluding carboxylic acids is 2. The second-order valence-corrected chi connectivity index (χ2v) is 6.99. The Labute approximate surface area is 155 Å². The molecular weight excluding hydrogens is 357 g/mol. The zero-order valence-electron chi connectivity index (χ0n) is 14.6. The van der Waals surface area contributed by atoms with Crippen LogP contribution in [0.4, 0.5) is 14.2 Å². The number of methoxy groups -OCH3 is 1. The molecule has 0 radical (unpaired) electrons. The molecule has 1 aromatic carbocycles. The molecule has 2 amide bonds. The molecule has 1 fully saturated rings. The molecule has 8 heteroatoms. The third-order valence-electron chi connectivity index (χ3n) is 4.50. The van der Waals surface area contributed by atoms with Gasteiger partial charge in [0.05, 0.1) is 12.8 Å². The van der Waals surface area contributed by atoms with Gasteiger partial charge in [-0.1, -0.05) is 12.1 Å². The molecule has 0 unspecified atom stereocenters. The number of amides is 2. The van der Waals surface area contributed by atoms with Crippen molar-refractivity contribution < 1.29 is 18.7 Å². The van der Waals surface area contributed by atoms with Gasteiger partial charge in [0.1, 0.15) is 16.4 Å². The first-order valence-corrected chi connectivity index (χ1v) is 9.13. The van der Waals surface area contributed by atoms with Gasteiger partial charge >= 0.3 is 12.0 Å². The smallest absolute Gasteiger partial charge is 0.342 e. The number of esters is 1. The number of benzene rings is 1. The highest BCUT2D eigenvalue weighted by atomic mass is 32.1. The molecule has 2 aromatic rings. The average Bonchev–Trinajstić information content (AvgIpc) is 3.23. The third-order valence-corrected chi connectivity index (χ3v) is 5.35. The molecule has 1 aliphatic heterocycles. The Morgan fingerprint density at radius 1 is 1.38 bits per heavy atom. The summed E-state index contributed by atoms with van der Waals surface area (Å²) < 4.78 is 22.0. The maximum atomic E-state index is 13.1.